The smallest absolute Gasteiger partial charge is 0.407 e. The van der Waals surface area contributed by atoms with Crippen molar-refractivity contribution in [2.75, 3.05) is 6.54 Å². The molecule has 2 amide bonds. The molecule has 10 nitrogen and oxygen atoms in total. The van der Waals surface area contributed by atoms with Crippen LogP contribution in [-0.2, 0) is 16.8 Å². The van der Waals surface area contributed by atoms with Crippen LogP contribution in [0.2, 0.25) is 0 Å². The number of rotatable bonds is 7. The van der Waals surface area contributed by atoms with Crippen LogP contribution >= 0.6 is 0 Å². The van der Waals surface area contributed by atoms with Gasteiger partial charge in [0.05, 0.1) is 23.8 Å². The van der Waals surface area contributed by atoms with Crippen LogP contribution in [0.5, 0.6) is 5.75 Å². The van der Waals surface area contributed by atoms with E-state index in [2.05, 4.69) is 45.6 Å². The Kier molecular flexibility index (Phi) is 7.51. The lowest BCUT2D eigenvalue weighted by Crippen LogP contribution is -2.53. The number of carbonyl (C=O) groups is 2. The third kappa shape index (κ3) is 6.26. The minimum Gasteiger partial charge on any atom is -0.503 e. The standard InChI is InChI=1S/C29H39N5O5/c1-19-15-34(21-12-8-7-11-20(19)21)29(13-9-10-14-29)18-33-16-22(35)24(36)23(32-33)25(37)31-28(5,6)17-30-26(38)39-27(2,3)4/h7-8,11-12,15-16,35H,9-10,13-14,17-18H2,1-6H3,(H,30,38)(H,31,37). The molecule has 1 saturated carbocycles. The van der Waals surface area contributed by atoms with Crippen molar-refractivity contribution in [3.8, 4) is 5.75 Å². The molecule has 0 atom stereocenters. The first-order valence-corrected chi connectivity index (χ1v) is 13.4. The second-order valence-corrected chi connectivity index (χ2v) is 12.2. The Balaban J connectivity index is 1.58. The first-order chi connectivity index (χ1) is 18.2. The molecule has 2 heterocycles. The summed E-state index contributed by atoms with van der Waals surface area (Å²) in [4.78, 5) is 38.0. The summed E-state index contributed by atoms with van der Waals surface area (Å²) in [5.74, 6) is -1.27. The summed E-state index contributed by atoms with van der Waals surface area (Å²) in [6.45, 7) is 11.2. The molecule has 3 aromatic rings. The molecule has 3 N–H and O–H groups in total. The highest BCUT2D eigenvalue weighted by Crippen LogP contribution is 2.41. The third-order valence-corrected chi connectivity index (χ3v) is 7.10. The molecule has 0 bridgehead atoms. The molecule has 0 aliphatic heterocycles. The Morgan fingerprint density at radius 2 is 1.77 bits per heavy atom. The van der Waals surface area contributed by atoms with Crippen molar-refractivity contribution >= 4 is 22.9 Å². The minimum atomic E-state index is -0.924. The zero-order chi connectivity index (χ0) is 28.6. The maximum Gasteiger partial charge on any atom is 0.407 e. The molecule has 0 spiro atoms. The predicted octanol–water partition coefficient (Wildman–Crippen LogP) is 4.21. The molecular weight excluding hydrogens is 498 g/mol. The first kappa shape index (κ1) is 28.2. The fraction of sp³-hybridized carbons (Fsp3) is 0.517. The van der Waals surface area contributed by atoms with E-state index in [0.717, 1.165) is 31.2 Å². The van der Waals surface area contributed by atoms with Crippen LogP contribution in [0.4, 0.5) is 4.79 Å². The van der Waals surface area contributed by atoms with E-state index < -0.39 is 40.0 Å². The highest BCUT2D eigenvalue weighted by Gasteiger charge is 2.38. The number of hydrogen-bond acceptors (Lipinski definition) is 6. The molecule has 0 saturated heterocycles. The molecule has 2 aromatic heterocycles. The molecule has 1 fully saturated rings. The van der Waals surface area contributed by atoms with Gasteiger partial charge in [-0.3, -0.25) is 14.3 Å². The Morgan fingerprint density at radius 1 is 1.10 bits per heavy atom. The average molecular weight is 538 g/mol. The SMILES string of the molecule is Cc1cn(C2(Cn3cc(O)c(=O)c(C(=O)NC(C)(C)CNC(=O)OC(C)(C)C)n3)CCCC2)c2ccccc12. The first-order valence-electron chi connectivity index (χ1n) is 13.4. The van der Waals surface area contributed by atoms with Gasteiger partial charge in [0.25, 0.3) is 11.3 Å². The van der Waals surface area contributed by atoms with Crippen molar-refractivity contribution in [1.29, 1.82) is 0 Å². The van der Waals surface area contributed by atoms with Gasteiger partial charge in [-0.05, 0) is 66.0 Å². The molecule has 210 valence electrons. The summed E-state index contributed by atoms with van der Waals surface area (Å²) >= 11 is 0. The summed E-state index contributed by atoms with van der Waals surface area (Å²) < 4.78 is 9.05. The van der Waals surface area contributed by atoms with Gasteiger partial charge < -0.3 is 25.0 Å². The number of nitrogens with zero attached hydrogens (tertiary/aromatic N) is 3. The van der Waals surface area contributed by atoms with E-state index in [1.54, 1.807) is 34.6 Å². The van der Waals surface area contributed by atoms with Crippen LogP contribution < -0.4 is 16.1 Å². The summed E-state index contributed by atoms with van der Waals surface area (Å²) in [6, 6.07) is 8.25. The van der Waals surface area contributed by atoms with Crippen molar-refractivity contribution in [3.05, 3.63) is 58.1 Å². The zero-order valence-electron chi connectivity index (χ0n) is 23.6. The Hall–Kier alpha value is -3.82. The van der Waals surface area contributed by atoms with Gasteiger partial charge >= 0.3 is 6.09 Å². The van der Waals surface area contributed by atoms with Crippen molar-refractivity contribution < 1.29 is 19.4 Å². The van der Waals surface area contributed by atoms with Gasteiger partial charge in [-0.2, -0.15) is 5.10 Å². The number of para-hydroxylation sites is 1. The number of amides is 2. The van der Waals surface area contributed by atoms with Crippen LogP contribution in [0.3, 0.4) is 0 Å². The number of nitrogens with one attached hydrogen (secondary N) is 2. The number of aryl methyl sites for hydroxylation is 1. The second kappa shape index (κ2) is 10.4. The van der Waals surface area contributed by atoms with Crippen LogP contribution in [0.25, 0.3) is 10.9 Å². The van der Waals surface area contributed by atoms with Crippen LogP contribution in [0.1, 0.15) is 76.4 Å². The highest BCUT2D eigenvalue weighted by atomic mass is 16.6. The number of benzene rings is 1. The number of ether oxygens (including phenoxy) is 1. The molecule has 10 heteroatoms. The number of fused-ring (bicyclic) bond motifs is 1. The van der Waals surface area contributed by atoms with E-state index in [-0.39, 0.29) is 12.1 Å². The van der Waals surface area contributed by atoms with Crippen molar-refractivity contribution in [2.24, 2.45) is 0 Å². The van der Waals surface area contributed by atoms with E-state index in [4.69, 9.17) is 4.74 Å². The summed E-state index contributed by atoms with van der Waals surface area (Å²) in [7, 11) is 0. The topological polar surface area (TPSA) is 127 Å². The van der Waals surface area contributed by atoms with E-state index in [1.807, 2.05) is 12.1 Å². The van der Waals surface area contributed by atoms with Crippen LogP contribution in [0.15, 0.2) is 41.5 Å². The minimum absolute atomic E-state index is 0.0594. The summed E-state index contributed by atoms with van der Waals surface area (Å²) in [5, 5.41) is 21.4. The van der Waals surface area contributed by atoms with E-state index in [1.165, 1.54) is 21.8 Å². The van der Waals surface area contributed by atoms with Gasteiger partial charge in [-0.25, -0.2) is 4.79 Å². The Bertz CT molecular complexity index is 1440. The van der Waals surface area contributed by atoms with Crippen molar-refractivity contribution in [3.63, 3.8) is 0 Å². The molecule has 1 aliphatic carbocycles. The molecule has 1 aliphatic rings. The van der Waals surface area contributed by atoms with Gasteiger partial charge in [0.15, 0.2) is 11.4 Å². The largest absolute Gasteiger partial charge is 0.503 e. The van der Waals surface area contributed by atoms with Gasteiger partial charge in [0.1, 0.15) is 5.60 Å². The highest BCUT2D eigenvalue weighted by molar-refractivity contribution is 5.92. The van der Waals surface area contributed by atoms with Crippen molar-refractivity contribution in [2.45, 2.75) is 90.4 Å². The Labute approximate surface area is 228 Å². The molecule has 0 unspecified atom stereocenters. The fourth-order valence-corrected chi connectivity index (χ4v) is 5.32. The van der Waals surface area contributed by atoms with E-state index >= 15 is 0 Å². The van der Waals surface area contributed by atoms with Crippen LogP contribution in [0, 0.1) is 6.92 Å². The van der Waals surface area contributed by atoms with Gasteiger partial charge in [-0.15, -0.1) is 0 Å². The molecular formula is C29H39N5O5. The maximum absolute atomic E-state index is 13.2. The number of aromatic nitrogens is 3. The fourth-order valence-electron chi connectivity index (χ4n) is 5.32. The quantitative estimate of drug-likeness (QED) is 0.414. The lowest BCUT2D eigenvalue weighted by atomic mass is 9.96. The number of alkyl carbamates (subject to hydrolysis) is 1. The summed E-state index contributed by atoms with van der Waals surface area (Å²) in [6.07, 6.45) is 6.75. The predicted molar refractivity (Wildman–Crippen MR) is 149 cm³/mol. The lowest BCUT2D eigenvalue weighted by molar-refractivity contribution is 0.0509. The maximum atomic E-state index is 13.2. The molecule has 39 heavy (non-hydrogen) atoms. The lowest BCUT2D eigenvalue weighted by Gasteiger charge is -2.33. The van der Waals surface area contributed by atoms with Gasteiger partial charge in [-0.1, -0.05) is 31.0 Å². The average Bonchev–Trinajstić information content (AvgIpc) is 3.44. The van der Waals surface area contributed by atoms with E-state index in [9.17, 15) is 19.5 Å². The van der Waals surface area contributed by atoms with Crippen molar-refractivity contribution in [1.82, 2.24) is 25.0 Å². The second-order valence-electron chi connectivity index (χ2n) is 12.2. The number of aromatic hydroxyl groups is 1. The summed E-state index contributed by atoms with van der Waals surface area (Å²) in [5.41, 5.74) is -0.839. The zero-order valence-corrected chi connectivity index (χ0v) is 23.6. The third-order valence-electron chi connectivity index (χ3n) is 7.10. The number of carbonyl (C=O) groups excluding carboxylic acids is 2. The van der Waals surface area contributed by atoms with Gasteiger partial charge in [0.2, 0.25) is 0 Å². The molecule has 0 radical (unpaired) electrons. The number of hydrogen-bond donors (Lipinski definition) is 3. The monoisotopic (exact) mass is 537 g/mol. The van der Waals surface area contributed by atoms with Crippen LogP contribution in [-0.4, -0.2) is 49.1 Å². The molecule has 1 aromatic carbocycles. The van der Waals surface area contributed by atoms with Gasteiger partial charge in [0, 0.05) is 23.6 Å². The Morgan fingerprint density at radius 3 is 2.44 bits per heavy atom. The molecule has 4 rings (SSSR count). The normalized spacial score (nSPS) is 15.3. The van der Waals surface area contributed by atoms with E-state index in [0.29, 0.717) is 6.54 Å².